The highest BCUT2D eigenvalue weighted by molar-refractivity contribution is 5.89. The summed E-state index contributed by atoms with van der Waals surface area (Å²) in [6, 6.07) is 9.06. The molecule has 4 aliphatic rings. The fraction of sp³-hybridized carbons (Fsp3) is 0.667. The first-order valence-electron chi connectivity index (χ1n) is 9.87. The Balaban J connectivity index is 1.46. The molecule has 0 unspecified atom stereocenters. The van der Waals surface area contributed by atoms with Crippen molar-refractivity contribution < 1.29 is 28.8 Å². The normalized spacial score (nSPS) is 38.1. The number of hydrogen-bond donors (Lipinski definition) is 0. The number of fused-ring (bicyclic) bond motifs is 3. The molecule has 1 spiro atoms. The topological polar surface area (TPSA) is 63.2 Å². The van der Waals surface area contributed by atoms with E-state index in [9.17, 15) is 4.79 Å². The van der Waals surface area contributed by atoms with E-state index >= 15 is 0 Å². The van der Waals surface area contributed by atoms with E-state index in [0.717, 1.165) is 32.1 Å². The second kappa shape index (κ2) is 7.51. The molecule has 1 aromatic carbocycles. The zero-order chi connectivity index (χ0) is 18.9. The second-order valence-corrected chi connectivity index (χ2v) is 7.99. The van der Waals surface area contributed by atoms with Gasteiger partial charge in [0.15, 0.2) is 11.9 Å². The first-order valence-corrected chi connectivity index (χ1v) is 9.87. The van der Waals surface area contributed by atoms with Crippen molar-refractivity contribution in [2.45, 2.75) is 63.1 Å². The molecule has 6 heteroatoms. The van der Waals surface area contributed by atoms with Gasteiger partial charge in [0.2, 0.25) is 5.79 Å². The molecule has 27 heavy (non-hydrogen) atoms. The molecule has 2 bridgehead atoms. The van der Waals surface area contributed by atoms with Crippen LogP contribution in [0.2, 0.25) is 0 Å². The van der Waals surface area contributed by atoms with E-state index in [1.165, 1.54) is 0 Å². The summed E-state index contributed by atoms with van der Waals surface area (Å²) >= 11 is 0. The first-order chi connectivity index (χ1) is 13.1. The van der Waals surface area contributed by atoms with Crippen molar-refractivity contribution in [1.82, 2.24) is 0 Å². The van der Waals surface area contributed by atoms with Gasteiger partial charge in [-0.2, -0.15) is 0 Å². The number of esters is 1. The van der Waals surface area contributed by atoms with Crippen molar-refractivity contribution in [3.05, 3.63) is 35.9 Å². The van der Waals surface area contributed by atoms with Crippen LogP contribution in [0.4, 0.5) is 0 Å². The van der Waals surface area contributed by atoms with Crippen LogP contribution < -0.4 is 0 Å². The Morgan fingerprint density at radius 3 is 2.78 bits per heavy atom. The smallest absolute Gasteiger partial charge is 0.338 e. The molecule has 4 fully saturated rings. The van der Waals surface area contributed by atoms with Crippen LogP contribution in [0, 0.1) is 11.8 Å². The minimum atomic E-state index is -0.756. The van der Waals surface area contributed by atoms with E-state index in [1.807, 2.05) is 25.1 Å². The van der Waals surface area contributed by atoms with Gasteiger partial charge >= 0.3 is 5.97 Å². The lowest BCUT2D eigenvalue weighted by atomic mass is 9.65. The number of rotatable bonds is 5. The monoisotopic (exact) mass is 376 g/mol. The lowest BCUT2D eigenvalue weighted by molar-refractivity contribution is -0.554. The van der Waals surface area contributed by atoms with Crippen LogP contribution in [0.25, 0.3) is 0 Å². The van der Waals surface area contributed by atoms with Crippen LogP contribution in [0.3, 0.4) is 0 Å². The molecule has 148 valence electrons. The molecule has 6 nitrogen and oxygen atoms in total. The largest absolute Gasteiger partial charge is 0.462 e. The van der Waals surface area contributed by atoms with Gasteiger partial charge in [0.25, 0.3) is 0 Å². The maximum atomic E-state index is 12.2. The highest BCUT2D eigenvalue weighted by Crippen LogP contribution is 2.55. The predicted octanol–water partition coefficient (Wildman–Crippen LogP) is 3.85. The fourth-order valence-electron chi connectivity index (χ4n) is 4.91. The highest BCUT2D eigenvalue weighted by atomic mass is 17.3. The lowest BCUT2D eigenvalue weighted by Crippen LogP contribution is -2.63. The Hall–Kier alpha value is -1.47. The van der Waals surface area contributed by atoms with E-state index in [0.29, 0.717) is 24.5 Å². The molecule has 0 amide bonds. The van der Waals surface area contributed by atoms with E-state index in [4.69, 9.17) is 24.0 Å². The summed E-state index contributed by atoms with van der Waals surface area (Å²) in [5.41, 5.74) is -0.0694. The van der Waals surface area contributed by atoms with Gasteiger partial charge in [0, 0.05) is 13.5 Å². The van der Waals surface area contributed by atoms with E-state index in [1.54, 1.807) is 19.2 Å². The maximum Gasteiger partial charge on any atom is 0.338 e. The number of methoxy groups -OCH3 is 1. The molecule has 3 saturated heterocycles. The van der Waals surface area contributed by atoms with Crippen LogP contribution in [-0.2, 0) is 24.0 Å². The van der Waals surface area contributed by atoms with Crippen molar-refractivity contribution in [2.24, 2.45) is 11.8 Å². The zero-order valence-corrected chi connectivity index (χ0v) is 16.0. The standard InChI is InChI=1S/C21H28O6/c1-20-13-11-16-9-6-10-17(21(16,27-26-20)19(23-2)25-20)12-14-24-18(22)15-7-4-3-5-8-15/h3-5,7-8,16-17,19H,6,9-14H2,1-2H3/t16-,17+,19+,20+,21-/m1/s1. The predicted molar refractivity (Wildman–Crippen MR) is 96.6 cm³/mol. The number of ether oxygens (including phenoxy) is 3. The summed E-state index contributed by atoms with van der Waals surface area (Å²) in [4.78, 5) is 24.0. The van der Waals surface area contributed by atoms with Crippen LogP contribution in [-0.4, -0.2) is 37.4 Å². The number of benzene rings is 1. The van der Waals surface area contributed by atoms with Crippen molar-refractivity contribution in [3.8, 4) is 0 Å². The second-order valence-electron chi connectivity index (χ2n) is 7.99. The zero-order valence-electron chi connectivity index (χ0n) is 16.0. The Morgan fingerprint density at radius 1 is 1.19 bits per heavy atom. The summed E-state index contributed by atoms with van der Waals surface area (Å²) in [5, 5.41) is 0. The summed E-state index contributed by atoms with van der Waals surface area (Å²) in [6.45, 7) is 2.24. The maximum absolute atomic E-state index is 12.2. The molecular weight excluding hydrogens is 348 g/mol. The van der Waals surface area contributed by atoms with Crippen LogP contribution in [0.15, 0.2) is 30.3 Å². The van der Waals surface area contributed by atoms with Crippen molar-refractivity contribution in [1.29, 1.82) is 0 Å². The lowest BCUT2D eigenvalue weighted by Gasteiger charge is -2.53. The average Bonchev–Trinajstić information content (AvgIpc) is 2.93. The molecule has 3 heterocycles. The van der Waals surface area contributed by atoms with Crippen molar-refractivity contribution >= 4 is 5.97 Å². The highest BCUT2D eigenvalue weighted by Gasteiger charge is 2.63. The van der Waals surface area contributed by atoms with E-state index < -0.39 is 17.7 Å². The van der Waals surface area contributed by atoms with E-state index in [-0.39, 0.29) is 11.9 Å². The molecule has 5 rings (SSSR count). The van der Waals surface area contributed by atoms with Gasteiger partial charge in [-0.25, -0.2) is 14.6 Å². The summed E-state index contributed by atoms with van der Waals surface area (Å²) in [7, 11) is 1.66. The van der Waals surface area contributed by atoms with Crippen molar-refractivity contribution in [2.75, 3.05) is 13.7 Å². The summed E-state index contributed by atoms with van der Waals surface area (Å²) < 4.78 is 17.4. The molecule has 0 aromatic heterocycles. The van der Waals surface area contributed by atoms with Gasteiger partial charge < -0.3 is 14.2 Å². The van der Waals surface area contributed by atoms with Crippen LogP contribution in [0.5, 0.6) is 0 Å². The Morgan fingerprint density at radius 2 is 2.00 bits per heavy atom. The Labute approximate surface area is 160 Å². The quantitative estimate of drug-likeness (QED) is 0.575. The Bertz CT molecular complexity index is 664. The third kappa shape index (κ3) is 3.40. The minimum Gasteiger partial charge on any atom is -0.462 e. The molecule has 5 atom stereocenters. The van der Waals surface area contributed by atoms with Gasteiger partial charge in [-0.15, -0.1) is 0 Å². The summed E-state index contributed by atoms with van der Waals surface area (Å²) in [6.07, 6.45) is 5.16. The van der Waals surface area contributed by atoms with Gasteiger partial charge in [0.1, 0.15) is 0 Å². The van der Waals surface area contributed by atoms with E-state index in [2.05, 4.69) is 0 Å². The average molecular weight is 376 g/mol. The molecule has 1 aliphatic carbocycles. The molecule has 1 saturated carbocycles. The fourth-order valence-corrected chi connectivity index (χ4v) is 4.91. The third-order valence-electron chi connectivity index (χ3n) is 6.34. The van der Waals surface area contributed by atoms with Crippen LogP contribution in [0.1, 0.15) is 55.8 Å². The minimum absolute atomic E-state index is 0.146. The SMILES string of the molecule is CO[C@H]1O[C@]2(C)CC[C@H]3CCC[C@@H](CCOC(=O)c4ccccc4)[C@]31OO2. The molecule has 0 N–H and O–H groups in total. The van der Waals surface area contributed by atoms with Gasteiger partial charge in [-0.05, 0) is 56.6 Å². The van der Waals surface area contributed by atoms with Crippen LogP contribution >= 0.6 is 0 Å². The van der Waals surface area contributed by atoms with Gasteiger partial charge in [0.05, 0.1) is 12.2 Å². The van der Waals surface area contributed by atoms with Gasteiger partial charge in [-0.1, -0.05) is 24.6 Å². The van der Waals surface area contributed by atoms with Crippen molar-refractivity contribution in [3.63, 3.8) is 0 Å². The Kier molecular flexibility index (Phi) is 5.25. The first kappa shape index (κ1) is 18.9. The third-order valence-corrected chi connectivity index (χ3v) is 6.34. The number of hydrogen-bond acceptors (Lipinski definition) is 6. The molecule has 1 aromatic rings. The molecule has 0 radical (unpaired) electrons. The molecule has 3 aliphatic heterocycles. The summed E-state index contributed by atoms with van der Waals surface area (Å²) in [5.74, 6) is -0.592. The number of carbonyl (C=O) groups excluding carboxylic acids is 1. The van der Waals surface area contributed by atoms with Gasteiger partial charge in [-0.3, -0.25) is 0 Å². The number of carbonyl (C=O) groups is 1. The molecular formula is C21H28O6.